The molecule has 0 bridgehead atoms. The van der Waals surface area contributed by atoms with Gasteiger partial charge in [0.25, 0.3) is 0 Å². The second-order valence-electron chi connectivity index (χ2n) is 7.32. The van der Waals surface area contributed by atoms with E-state index in [1.165, 1.54) is 0 Å². The van der Waals surface area contributed by atoms with Gasteiger partial charge in [-0.3, -0.25) is 9.79 Å². The number of carbonyl (C=O) groups excluding carboxylic acids is 1. The summed E-state index contributed by atoms with van der Waals surface area (Å²) in [5.74, 6) is 2.04. The first-order chi connectivity index (χ1) is 13.6. The molecule has 1 aliphatic heterocycles. The Kier molecular flexibility index (Phi) is 8.94. The Labute approximate surface area is 189 Å². The van der Waals surface area contributed by atoms with Crippen LogP contribution in [0.4, 0.5) is 5.69 Å². The zero-order valence-electron chi connectivity index (χ0n) is 17.3. The van der Waals surface area contributed by atoms with Crippen molar-refractivity contribution in [2.24, 2.45) is 4.99 Å². The average molecular weight is 511 g/mol. The molecule has 0 aliphatic carbocycles. The zero-order valence-corrected chi connectivity index (χ0v) is 19.6. The largest absolute Gasteiger partial charge is 0.359 e. The van der Waals surface area contributed by atoms with E-state index in [0.717, 1.165) is 42.1 Å². The van der Waals surface area contributed by atoms with Gasteiger partial charge in [-0.05, 0) is 36.5 Å². The van der Waals surface area contributed by atoms with Crippen molar-refractivity contribution >= 4 is 41.5 Å². The fraction of sp³-hybridized carbons (Fsp3) is 0.476. The van der Waals surface area contributed by atoms with Gasteiger partial charge in [-0.15, -0.1) is 24.0 Å². The van der Waals surface area contributed by atoms with E-state index in [1.54, 1.807) is 7.05 Å². The summed E-state index contributed by atoms with van der Waals surface area (Å²) in [5.41, 5.74) is 3.05. The minimum Gasteiger partial charge on any atom is -0.359 e. The molecule has 0 atom stereocenters. The van der Waals surface area contributed by atoms with Crippen molar-refractivity contribution in [1.82, 2.24) is 15.8 Å². The summed E-state index contributed by atoms with van der Waals surface area (Å²) in [6.45, 7) is 6.15. The van der Waals surface area contributed by atoms with Crippen LogP contribution in [0, 0.1) is 0 Å². The lowest BCUT2D eigenvalue weighted by Gasteiger charge is -2.26. The van der Waals surface area contributed by atoms with E-state index in [9.17, 15) is 4.79 Å². The summed E-state index contributed by atoms with van der Waals surface area (Å²) in [5, 5.41) is 10.6. The SMILES string of the molecule is CN=C(NCc1ccc(N2CCCCC2=O)cc1)NCc1cc(C(C)C)no1.I. The number of nitrogens with one attached hydrogen (secondary N) is 2. The molecule has 29 heavy (non-hydrogen) atoms. The molecule has 8 heteroatoms. The van der Waals surface area contributed by atoms with Crippen LogP contribution in [0.2, 0.25) is 0 Å². The third-order valence-electron chi connectivity index (χ3n) is 4.85. The molecule has 1 amide bonds. The van der Waals surface area contributed by atoms with Gasteiger partial charge in [0.2, 0.25) is 5.91 Å². The van der Waals surface area contributed by atoms with Gasteiger partial charge >= 0.3 is 0 Å². The molecule has 1 fully saturated rings. The van der Waals surface area contributed by atoms with Crippen molar-refractivity contribution in [2.45, 2.75) is 52.1 Å². The molecular formula is C21H30IN5O2. The van der Waals surface area contributed by atoms with Gasteiger partial charge in [-0.25, -0.2) is 0 Å². The number of benzene rings is 1. The van der Waals surface area contributed by atoms with Crippen LogP contribution in [0.25, 0.3) is 0 Å². The van der Waals surface area contributed by atoms with Gasteiger partial charge in [0.05, 0.1) is 12.2 Å². The van der Waals surface area contributed by atoms with Crippen molar-refractivity contribution in [2.75, 3.05) is 18.5 Å². The van der Waals surface area contributed by atoms with Gasteiger partial charge in [0.1, 0.15) is 0 Å². The van der Waals surface area contributed by atoms with Crippen LogP contribution in [-0.4, -0.2) is 30.6 Å². The zero-order chi connectivity index (χ0) is 19.9. The number of hydrogen-bond donors (Lipinski definition) is 2. The van der Waals surface area contributed by atoms with Crippen molar-refractivity contribution in [1.29, 1.82) is 0 Å². The predicted molar refractivity (Wildman–Crippen MR) is 126 cm³/mol. The van der Waals surface area contributed by atoms with Crippen LogP contribution in [0.3, 0.4) is 0 Å². The highest BCUT2D eigenvalue weighted by Gasteiger charge is 2.19. The molecule has 0 radical (unpaired) electrons. The van der Waals surface area contributed by atoms with E-state index < -0.39 is 0 Å². The van der Waals surface area contributed by atoms with E-state index in [1.807, 2.05) is 35.2 Å². The van der Waals surface area contributed by atoms with Crippen LogP contribution in [0.1, 0.15) is 56.0 Å². The third-order valence-corrected chi connectivity index (χ3v) is 4.85. The lowest BCUT2D eigenvalue weighted by atomic mass is 10.1. The highest BCUT2D eigenvalue weighted by molar-refractivity contribution is 14.0. The number of nitrogens with zero attached hydrogens (tertiary/aromatic N) is 3. The van der Waals surface area contributed by atoms with Crippen LogP contribution in [-0.2, 0) is 17.9 Å². The van der Waals surface area contributed by atoms with Crippen LogP contribution in [0.15, 0.2) is 39.8 Å². The first-order valence-electron chi connectivity index (χ1n) is 9.86. The van der Waals surface area contributed by atoms with Gasteiger partial charge in [-0.1, -0.05) is 31.1 Å². The van der Waals surface area contributed by atoms with Crippen molar-refractivity contribution in [3.63, 3.8) is 0 Å². The number of guanidine groups is 1. The van der Waals surface area contributed by atoms with E-state index in [4.69, 9.17) is 4.52 Å². The first kappa shape index (κ1) is 23.2. The molecule has 7 nitrogen and oxygen atoms in total. The monoisotopic (exact) mass is 511 g/mol. The molecule has 0 spiro atoms. The second-order valence-corrected chi connectivity index (χ2v) is 7.32. The van der Waals surface area contributed by atoms with Crippen LogP contribution < -0.4 is 15.5 Å². The average Bonchev–Trinajstić information content (AvgIpc) is 3.18. The minimum atomic E-state index is 0. The Morgan fingerprint density at radius 1 is 1.21 bits per heavy atom. The molecule has 2 aromatic rings. The fourth-order valence-corrected chi connectivity index (χ4v) is 3.13. The Morgan fingerprint density at radius 2 is 1.93 bits per heavy atom. The van der Waals surface area contributed by atoms with Crippen molar-refractivity contribution < 1.29 is 9.32 Å². The van der Waals surface area contributed by atoms with Crippen LogP contribution in [0.5, 0.6) is 0 Å². The van der Waals surface area contributed by atoms with E-state index in [-0.39, 0.29) is 29.9 Å². The molecule has 2 N–H and O–H groups in total. The van der Waals surface area contributed by atoms with E-state index in [0.29, 0.717) is 31.4 Å². The Hall–Kier alpha value is -2.10. The van der Waals surface area contributed by atoms with Gasteiger partial charge in [0.15, 0.2) is 11.7 Å². The summed E-state index contributed by atoms with van der Waals surface area (Å²) in [4.78, 5) is 18.2. The molecule has 1 aromatic carbocycles. The summed E-state index contributed by atoms with van der Waals surface area (Å²) >= 11 is 0. The Morgan fingerprint density at radius 3 is 2.55 bits per heavy atom. The molecular weight excluding hydrogens is 481 g/mol. The number of aromatic nitrogens is 1. The molecule has 158 valence electrons. The summed E-state index contributed by atoms with van der Waals surface area (Å²) in [6, 6.07) is 10.1. The second kappa shape index (κ2) is 11.2. The number of halogens is 1. The molecule has 2 heterocycles. The molecule has 1 aromatic heterocycles. The maximum Gasteiger partial charge on any atom is 0.226 e. The lowest BCUT2D eigenvalue weighted by Crippen LogP contribution is -2.36. The fourth-order valence-electron chi connectivity index (χ4n) is 3.13. The number of piperidine rings is 1. The van der Waals surface area contributed by atoms with E-state index in [2.05, 4.69) is 34.6 Å². The Bertz CT molecular complexity index is 817. The molecule has 0 unspecified atom stereocenters. The minimum absolute atomic E-state index is 0. The summed E-state index contributed by atoms with van der Waals surface area (Å²) in [6.07, 6.45) is 2.71. The van der Waals surface area contributed by atoms with Crippen molar-refractivity contribution in [3.05, 3.63) is 47.3 Å². The number of hydrogen-bond acceptors (Lipinski definition) is 4. The highest BCUT2D eigenvalue weighted by Crippen LogP contribution is 2.21. The van der Waals surface area contributed by atoms with Crippen molar-refractivity contribution in [3.8, 4) is 0 Å². The molecule has 1 saturated heterocycles. The lowest BCUT2D eigenvalue weighted by molar-refractivity contribution is -0.119. The van der Waals surface area contributed by atoms with Gasteiger partial charge in [-0.2, -0.15) is 0 Å². The normalized spacial score (nSPS) is 14.7. The van der Waals surface area contributed by atoms with Gasteiger partial charge < -0.3 is 20.1 Å². The summed E-state index contributed by atoms with van der Waals surface area (Å²) < 4.78 is 5.34. The maximum absolute atomic E-state index is 12.0. The quantitative estimate of drug-likeness (QED) is 0.351. The van der Waals surface area contributed by atoms with Gasteiger partial charge in [0, 0.05) is 38.3 Å². The molecule has 1 aliphatic rings. The number of rotatable bonds is 6. The van der Waals surface area contributed by atoms with E-state index >= 15 is 0 Å². The molecule has 0 saturated carbocycles. The maximum atomic E-state index is 12.0. The predicted octanol–water partition coefficient (Wildman–Crippen LogP) is 3.80. The number of amides is 1. The molecule has 3 rings (SSSR count). The standard InChI is InChI=1S/C21H29N5O2.HI/c1-15(2)19-12-18(28-25-19)14-24-21(22-3)23-13-16-7-9-17(10-8-16)26-11-5-4-6-20(26)27;/h7-10,12,15H,4-6,11,13-14H2,1-3H3,(H2,22,23,24);1H. The number of carbonyl (C=O) groups is 1. The third kappa shape index (κ3) is 6.45. The smallest absolute Gasteiger partial charge is 0.226 e. The number of aliphatic imine (C=N–C) groups is 1. The number of anilines is 1. The van der Waals surface area contributed by atoms with Crippen LogP contribution >= 0.6 is 24.0 Å². The Balaban J connectivity index is 0.00000300. The first-order valence-corrected chi connectivity index (χ1v) is 9.86. The highest BCUT2D eigenvalue weighted by atomic mass is 127. The summed E-state index contributed by atoms with van der Waals surface area (Å²) in [7, 11) is 1.74. The topological polar surface area (TPSA) is 82.8 Å².